The summed E-state index contributed by atoms with van der Waals surface area (Å²) in [5, 5.41) is 2.41. The molecule has 1 amide bonds. The van der Waals surface area contributed by atoms with E-state index < -0.39 is 23.3 Å². The Morgan fingerprint density at radius 1 is 1.24 bits per heavy atom. The van der Waals surface area contributed by atoms with Crippen LogP contribution in [0.4, 0.5) is 8.78 Å². The van der Waals surface area contributed by atoms with Crippen molar-refractivity contribution in [1.29, 1.82) is 0 Å². The van der Waals surface area contributed by atoms with E-state index >= 15 is 0 Å². The molecule has 0 atom stereocenters. The Kier molecular flexibility index (Phi) is 4.31. The van der Waals surface area contributed by atoms with Gasteiger partial charge in [-0.25, -0.2) is 8.78 Å². The minimum atomic E-state index is -1.15. The summed E-state index contributed by atoms with van der Waals surface area (Å²) in [6.07, 6.45) is 0. The molecule has 0 unspecified atom stereocenters. The first-order valence-electron chi connectivity index (χ1n) is 5.19. The normalized spacial score (nSPS) is 10.4. The summed E-state index contributed by atoms with van der Waals surface area (Å²) in [5.74, 6) is -3.68. The SMILES string of the molecule is CC(C)CNC(=O)C(=O)c1ccc(F)c(F)c1. The molecule has 3 nitrogen and oxygen atoms in total. The highest BCUT2D eigenvalue weighted by molar-refractivity contribution is 6.42. The highest BCUT2D eigenvalue weighted by Crippen LogP contribution is 2.09. The lowest BCUT2D eigenvalue weighted by Crippen LogP contribution is -2.33. The van der Waals surface area contributed by atoms with Gasteiger partial charge in [0.05, 0.1) is 0 Å². The lowest BCUT2D eigenvalue weighted by Gasteiger charge is -2.06. The molecule has 0 aliphatic rings. The summed E-state index contributed by atoms with van der Waals surface area (Å²) in [5.41, 5.74) is -0.162. The predicted molar refractivity (Wildman–Crippen MR) is 58.5 cm³/mol. The number of amides is 1. The third-order valence-corrected chi connectivity index (χ3v) is 2.06. The van der Waals surface area contributed by atoms with Crippen LogP contribution in [0, 0.1) is 17.6 Å². The molecule has 0 spiro atoms. The van der Waals surface area contributed by atoms with Gasteiger partial charge < -0.3 is 5.32 Å². The van der Waals surface area contributed by atoms with Crippen LogP contribution < -0.4 is 5.32 Å². The van der Waals surface area contributed by atoms with Crippen LogP contribution in [0.3, 0.4) is 0 Å². The van der Waals surface area contributed by atoms with Gasteiger partial charge in [0.2, 0.25) is 5.78 Å². The summed E-state index contributed by atoms with van der Waals surface area (Å²) < 4.78 is 25.5. The van der Waals surface area contributed by atoms with Crippen molar-refractivity contribution in [2.24, 2.45) is 5.92 Å². The Morgan fingerprint density at radius 3 is 2.41 bits per heavy atom. The lowest BCUT2D eigenvalue weighted by molar-refractivity contribution is -0.117. The van der Waals surface area contributed by atoms with Crippen LogP contribution in [-0.2, 0) is 4.79 Å². The summed E-state index contributed by atoms with van der Waals surface area (Å²) >= 11 is 0. The first-order chi connectivity index (χ1) is 7.91. The molecule has 1 aromatic rings. The topological polar surface area (TPSA) is 46.2 Å². The molecule has 0 saturated heterocycles. The van der Waals surface area contributed by atoms with E-state index in [-0.39, 0.29) is 11.5 Å². The fourth-order valence-electron chi connectivity index (χ4n) is 1.15. The Balaban J connectivity index is 2.75. The highest BCUT2D eigenvalue weighted by Gasteiger charge is 2.17. The van der Waals surface area contributed by atoms with Crippen molar-refractivity contribution in [3.8, 4) is 0 Å². The predicted octanol–water partition coefficient (Wildman–Crippen LogP) is 1.92. The molecule has 0 bridgehead atoms. The minimum absolute atomic E-state index is 0.162. The fourth-order valence-corrected chi connectivity index (χ4v) is 1.15. The quantitative estimate of drug-likeness (QED) is 0.646. The third kappa shape index (κ3) is 3.62. The van der Waals surface area contributed by atoms with Crippen molar-refractivity contribution in [3.05, 3.63) is 35.4 Å². The molecule has 0 fully saturated rings. The van der Waals surface area contributed by atoms with Crippen LogP contribution in [0.5, 0.6) is 0 Å². The van der Waals surface area contributed by atoms with Crippen molar-refractivity contribution < 1.29 is 18.4 Å². The number of hydrogen-bond donors (Lipinski definition) is 1. The summed E-state index contributed by atoms with van der Waals surface area (Å²) in [6.45, 7) is 4.11. The number of ketones is 1. The van der Waals surface area contributed by atoms with Gasteiger partial charge in [0.25, 0.3) is 5.91 Å². The Morgan fingerprint density at radius 2 is 1.88 bits per heavy atom. The van der Waals surface area contributed by atoms with Crippen LogP contribution >= 0.6 is 0 Å². The molecule has 1 N–H and O–H groups in total. The van der Waals surface area contributed by atoms with E-state index in [1.165, 1.54) is 0 Å². The molecule has 0 aliphatic carbocycles. The van der Waals surface area contributed by atoms with Gasteiger partial charge in [-0.2, -0.15) is 0 Å². The fraction of sp³-hybridized carbons (Fsp3) is 0.333. The maximum atomic E-state index is 12.9. The van der Waals surface area contributed by atoms with Gasteiger partial charge in [-0.05, 0) is 24.1 Å². The van der Waals surface area contributed by atoms with Gasteiger partial charge in [-0.15, -0.1) is 0 Å². The van der Waals surface area contributed by atoms with Gasteiger partial charge in [0.15, 0.2) is 11.6 Å². The van der Waals surface area contributed by atoms with Gasteiger partial charge in [0.1, 0.15) is 0 Å². The number of nitrogens with one attached hydrogen (secondary N) is 1. The average Bonchev–Trinajstić information content (AvgIpc) is 2.28. The number of benzene rings is 1. The molecule has 17 heavy (non-hydrogen) atoms. The average molecular weight is 241 g/mol. The van der Waals surface area contributed by atoms with Gasteiger partial charge in [0, 0.05) is 12.1 Å². The maximum Gasteiger partial charge on any atom is 0.292 e. The van der Waals surface area contributed by atoms with Crippen LogP contribution in [0.25, 0.3) is 0 Å². The monoisotopic (exact) mass is 241 g/mol. The lowest BCUT2D eigenvalue weighted by atomic mass is 10.1. The number of rotatable bonds is 4. The van der Waals surface area contributed by atoms with Gasteiger partial charge >= 0.3 is 0 Å². The summed E-state index contributed by atoms with van der Waals surface area (Å²) in [7, 11) is 0. The minimum Gasteiger partial charge on any atom is -0.349 e. The maximum absolute atomic E-state index is 12.9. The highest BCUT2D eigenvalue weighted by atomic mass is 19.2. The second-order valence-electron chi connectivity index (χ2n) is 4.06. The Labute approximate surface area is 97.8 Å². The number of carbonyl (C=O) groups is 2. The van der Waals surface area contributed by atoms with E-state index in [0.717, 1.165) is 12.1 Å². The van der Waals surface area contributed by atoms with Crippen molar-refractivity contribution in [3.63, 3.8) is 0 Å². The molecule has 5 heteroatoms. The Hall–Kier alpha value is -1.78. The van der Waals surface area contributed by atoms with E-state index in [9.17, 15) is 18.4 Å². The molecule has 1 aromatic carbocycles. The molecular weight excluding hydrogens is 228 g/mol. The largest absolute Gasteiger partial charge is 0.349 e. The van der Waals surface area contributed by atoms with Crippen LogP contribution in [0.15, 0.2) is 18.2 Å². The first kappa shape index (κ1) is 13.3. The van der Waals surface area contributed by atoms with Crippen LogP contribution in [0.2, 0.25) is 0 Å². The Bertz CT molecular complexity index is 444. The molecule has 0 aromatic heterocycles. The van der Waals surface area contributed by atoms with Crippen LogP contribution in [0.1, 0.15) is 24.2 Å². The standard InChI is InChI=1S/C12H13F2NO2/c1-7(2)6-15-12(17)11(16)8-3-4-9(13)10(14)5-8/h3-5,7H,6H2,1-2H3,(H,15,17). The molecule has 0 aliphatic heterocycles. The van der Waals surface area contributed by atoms with E-state index in [1.807, 2.05) is 13.8 Å². The number of hydrogen-bond acceptors (Lipinski definition) is 2. The zero-order valence-corrected chi connectivity index (χ0v) is 9.59. The molecule has 0 radical (unpaired) electrons. The molecule has 1 rings (SSSR count). The van der Waals surface area contributed by atoms with Crippen molar-refractivity contribution in [1.82, 2.24) is 5.32 Å². The molecule has 0 heterocycles. The summed E-state index contributed by atoms with van der Waals surface area (Å²) in [4.78, 5) is 22.9. The van der Waals surface area contributed by atoms with E-state index in [2.05, 4.69) is 5.32 Å². The van der Waals surface area contributed by atoms with Crippen molar-refractivity contribution in [2.45, 2.75) is 13.8 Å². The third-order valence-electron chi connectivity index (χ3n) is 2.06. The van der Waals surface area contributed by atoms with E-state index in [4.69, 9.17) is 0 Å². The van der Waals surface area contributed by atoms with Gasteiger partial charge in [-0.1, -0.05) is 13.8 Å². The number of carbonyl (C=O) groups excluding carboxylic acids is 2. The zero-order chi connectivity index (χ0) is 13.0. The van der Waals surface area contributed by atoms with Crippen molar-refractivity contribution >= 4 is 11.7 Å². The molecule has 0 saturated carbocycles. The van der Waals surface area contributed by atoms with Crippen molar-refractivity contribution in [2.75, 3.05) is 6.54 Å². The van der Waals surface area contributed by atoms with E-state index in [1.54, 1.807) is 0 Å². The zero-order valence-electron chi connectivity index (χ0n) is 9.59. The molecule has 92 valence electrons. The molecular formula is C12H13F2NO2. The first-order valence-corrected chi connectivity index (χ1v) is 5.19. The van der Waals surface area contributed by atoms with E-state index in [0.29, 0.717) is 12.6 Å². The summed E-state index contributed by atoms with van der Waals surface area (Å²) in [6, 6.07) is 2.61. The second kappa shape index (κ2) is 5.52. The number of Topliss-reactive ketones (excluding diaryl/α,β-unsaturated/α-hetero) is 1. The van der Waals surface area contributed by atoms with Crippen LogP contribution in [-0.4, -0.2) is 18.2 Å². The number of halogens is 2. The second-order valence-corrected chi connectivity index (χ2v) is 4.06. The van der Waals surface area contributed by atoms with Gasteiger partial charge in [-0.3, -0.25) is 9.59 Å². The smallest absolute Gasteiger partial charge is 0.292 e.